The molecule has 192 valence electrons. The fourth-order valence-electron chi connectivity index (χ4n) is 4.41. The molecular formula is C25H31N5O6. The van der Waals surface area contributed by atoms with Crippen LogP contribution in [0.2, 0.25) is 0 Å². The van der Waals surface area contributed by atoms with Crippen LogP contribution in [0.5, 0.6) is 11.5 Å². The quantitative estimate of drug-likeness (QED) is 0.310. The Morgan fingerprint density at radius 3 is 2.53 bits per heavy atom. The molecule has 1 aliphatic rings. The van der Waals surface area contributed by atoms with Crippen molar-refractivity contribution in [3.8, 4) is 22.8 Å². The Balaban J connectivity index is 1.52. The minimum absolute atomic E-state index is 0.00610. The molecular weight excluding hydrogens is 466 g/mol. The number of ether oxygens (including phenoxy) is 3. The van der Waals surface area contributed by atoms with Crippen molar-refractivity contribution in [3.63, 3.8) is 0 Å². The van der Waals surface area contributed by atoms with Crippen molar-refractivity contribution < 1.29 is 28.9 Å². The molecule has 2 amide bonds. The van der Waals surface area contributed by atoms with Crippen molar-refractivity contribution in [3.05, 3.63) is 36.3 Å². The van der Waals surface area contributed by atoms with Gasteiger partial charge in [0.25, 0.3) is 5.91 Å². The molecule has 0 atom stereocenters. The van der Waals surface area contributed by atoms with Crippen LogP contribution in [-0.2, 0) is 9.53 Å². The van der Waals surface area contributed by atoms with Gasteiger partial charge < -0.3 is 34.9 Å². The number of amides is 2. The minimum atomic E-state index is -0.516. The summed E-state index contributed by atoms with van der Waals surface area (Å²) >= 11 is 0. The first-order chi connectivity index (χ1) is 17.5. The van der Waals surface area contributed by atoms with Crippen LogP contribution in [0.15, 0.2) is 30.7 Å². The SMILES string of the molecule is COCCOc1cc(OC)ccc1-c1ncnc2c(C(=O)NC3CCC(NC(=O)CO)CC3)c[nH]c12. The molecule has 11 heteroatoms. The van der Waals surface area contributed by atoms with Crippen molar-refractivity contribution >= 4 is 22.8 Å². The molecule has 1 saturated carbocycles. The molecule has 4 N–H and O–H groups in total. The van der Waals surface area contributed by atoms with E-state index in [4.69, 9.17) is 19.3 Å². The number of rotatable bonds is 10. The first-order valence-corrected chi connectivity index (χ1v) is 11.9. The Bertz CT molecular complexity index is 1200. The van der Waals surface area contributed by atoms with Gasteiger partial charge in [-0.25, -0.2) is 9.97 Å². The maximum atomic E-state index is 13.1. The van der Waals surface area contributed by atoms with Crippen molar-refractivity contribution in [1.82, 2.24) is 25.6 Å². The molecule has 2 aromatic heterocycles. The lowest BCUT2D eigenvalue weighted by Crippen LogP contribution is -2.44. The van der Waals surface area contributed by atoms with Crippen LogP contribution in [0.25, 0.3) is 22.3 Å². The molecule has 36 heavy (non-hydrogen) atoms. The highest BCUT2D eigenvalue weighted by atomic mass is 16.5. The smallest absolute Gasteiger partial charge is 0.255 e. The summed E-state index contributed by atoms with van der Waals surface area (Å²) in [6.07, 6.45) is 6.01. The standard InChI is InChI=1S/C25H31N5O6/c1-34-9-10-36-20-11-17(35-2)7-8-18(20)22-24-23(28-14-27-22)19(12-26-24)25(33)30-16-5-3-15(4-6-16)29-21(32)13-31/h7-8,11-12,14-16,26,31H,3-6,9-10,13H2,1-2H3,(H,29,32)(H,30,33). The zero-order valence-electron chi connectivity index (χ0n) is 20.4. The number of H-pyrrole nitrogens is 1. The van der Waals surface area contributed by atoms with E-state index in [0.29, 0.717) is 47.0 Å². The predicted octanol–water partition coefficient (Wildman–Crippen LogP) is 1.81. The highest BCUT2D eigenvalue weighted by Crippen LogP contribution is 2.36. The van der Waals surface area contributed by atoms with E-state index >= 15 is 0 Å². The van der Waals surface area contributed by atoms with Gasteiger partial charge in [0.2, 0.25) is 5.91 Å². The van der Waals surface area contributed by atoms with Crippen LogP contribution in [0.1, 0.15) is 36.0 Å². The molecule has 0 aliphatic heterocycles. The lowest BCUT2D eigenvalue weighted by Gasteiger charge is -2.29. The van der Waals surface area contributed by atoms with Gasteiger partial charge >= 0.3 is 0 Å². The maximum Gasteiger partial charge on any atom is 0.255 e. The van der Waals surface area contributed by atoms with Crippen molar-refractivity contribution in [2.75, 3.05) is 34.0 Å². The van der Waals surface area contributed by atoms with Crippen LogP contribution in [0.3, 0.4) is 0 Å². The third-order valence-corrected chi connectivity index (χ3v) is 6.27. The second kappa shape index (κ2) is 11.8. The van der Waals surface area contributed by atoms with Gasteiger partial charge in [-0.2, -0.15) is 0 Å². The zero-order chi connectivity index (χ0) is 25.5. The van der Waals surface area contributed by atoms with Gasteiger partial charge in [0, 0.05) is 37.0 Å². The summed E-state index contributed by atoms with van der Waals surface area (Å²) in [6.45, 7) is 0.270. The van der Waals surface area contributed by atoms with Crippen LogP contribution < -0.4 is 20.1 Å². The molecule has 3 aromatic rings. The Kier molecular flexibility index (Phi) is 8.34. The van der Waals surface area contributed by atoms with Crippen molar-refractivity contribution in [2.24, 2.45) is 0 Å². The molecule has 11 nitrogen and oxygen atoms in total. The normalized spacial score (nSPS) is 17.5. The number of hydrogen-bond acceptors (Lipinski definition) is 8. The van der Waals surface area contributed by atoms with Gasteiger partial charge in [0.15, 0.2) is 0 Å². The molecule has 1 fully saturated rings. The number of carbonyl (C=O) groups excluding carboxylic acids is 2. The number of methoxy groups -OCH3 is 2. The summed E-state index contributed by atoms with van der Waals surface area (Å²) in [4.78, 5) is 36.5. The molecule has 0 bridgehead atoms. The van der Waals surface area contributed by atoms with Gasteiger partial charge in [0.1, 0.15) is 42.3 Å². The largest absolute Gasteiger partial charge is 0.497 e. The monoisotopic (exact) mass is 497 g/mol. The van der Waals surface area contributed by atoms with Crippen LogP contribution in [0, 0.1) is 0 Å². The van der Waals surface area contributed by atoms with E-state index in [0.717, 1.165) is 31.2 Å². The second-order valence-electron chi connectivity index (χ2n) is 8.60. The predicted molar refractivity (Wildman–Crippen MR) is 132 cm³/mol. The number of nitrogens with one attached hydrogen (secondary N) is 3. The Labute approximate surface area is 208 Å². The number of aromatic amines is 1. The topological polar surface area (TPSA) is 148 Å². The third kappa shape index (κ3) is 5.74. The van der Waals surface area contributed by atoms with Gasteiger partial charge in [0.05, 0.1) is 24.8 Å². The Morgan fingerprint density at radius 1 is 1.08 bits per heavy atom. The molecule has 1 aliphatic carbocycles. The number of aromatic nitrogens is 3. The van der Waals surface area contributed by atoms with E-state index in [1.165, 1.54) is 6.33 Å². The van der Waals surface area contributed by atoms with E-state index in [1.54, 1.807) is 26.5 Å². The summed E-state index contributed by atoms with van der Waals surface area (Å²) in [5.41, 5.74) is 2.91. The Morgan fingerprint density at radius 2 is 1.83 bits per heavy atom. The van der Waals surface area contributed by atoms with E-state index in [1.807, 2.05) is 12.1 Å². The first-order valence-electron chi connectivity index (χ1n) is 11.9. The van der Waals surface area contributed by atoms with Crippen LogP contribution in [0.4, 0.5) is 0 Å². The molecule has 1 aromatic carbocycles. The number of nitrogens with zero attached hydrogens (tertiary/aromatic N) is 2. The zero-order valence-corrected chi connectivity index (χ0v) is 20.4. The number of hydrogen-bond donors (Lipinski definition) is 4. The van der Waals surface area contributed by atoms with Crippen molar-refractivity contribution in [2.45, 2.75) is 37.8 Å². The van der Waals surface area contributed by atoms with Crippen molar-refractivity contribution in [1.29, 1.82) is 0 Å². The second-order valence-corrected chi connectivity index (χ2v) is 8.60. The number of aliphatic hydroxyl groups is 1. The Hall–Kier alpha value is -3.70. The highest BCUT2D eigenvalue weighted by molar-refractivity contribution is 6.08. The molecule has 0 unspecified atom stereocenters. The van der Waals surface area contributed by atoms with Gasteiger partial charge in [-0.15, -0.1) is 0 Å². The summed E-state index contributed by atoms with van der Waals surface area (Å²) < 4.78 is 16.4. The average molecular weight is 498 g/mol. The van der Waals surface area contributed by atoms with E-state index in [9.17, 15) is 9.59 Å². The van der Waals surface area contributed by atoms with E-state index < -0.39 is 6.61 Å². The van der Waals surface area contributed by atoms with Gasteiger partial charge in [-0.1, -0.05) is 0 Å². The molecule has 4 rings (SSSR count). The van der Waals surface area contributed by atoms with E-state index in [-0.39, 0.29) is 23.9 Å². The molecule has 0 saturated heterocycles. The molecule has 2 heterocycles. The molecule has 0 radical (unpaired) electrons. The fourth-order valence-corrected chi connectivity index (χ4v) is 4.41. The lowest BCUT2D eigenvalue weighted by molar-refractivity contribution is -0.124. The van der Waals surface area contributed by atoms with Gasteiger partial charge in [-0.3, -0.25) is 9.59 Å². The van der Waals surface area contributed by atoms with Gasteiger partial charge in [-0.05, 0) is 37.8 Å². The van der Waals surface area contributed by atoms with Crippen LogP contribution >= 0.6 is 0 Å². The summed E-state index contributed by atoms with van der Waals surface area (Å²) in [5.74, 6) is 0.631. The lowest BCUT2D eigenvalue weighted by atomic mass is 9.91. The van der Waals surface area contributed by atoms with Crippen LogP contribution in [-0.4, -0.2) is 78.0 Å². The number of benzene rings is 1. The fraction of sp³-hybridized carbons (Fsp3) is 0.440. The first kappa shape index (κ1) is 25.4. The minimum Gasteiger partial charge on any atom is -0.497 e. The number of aliphatic hydroxyl groups excluding tert-OH is 1. The number of fused-ring (bicyclic) bond motifs is 1. The van der Waals surface area contributed by atoms with E-state index in [2.05, 4.69) is 25.6 Å². The highest BCUT2D eigenvalue weighted by Gasteiger charge is 2.25. The molecule has 0 spiro atoms. The third-order valence-electron chi connectivity index (χ3n) is 6.27. The average Bonchev–Trinajstić information content (AvgIpc) is 3.34. The number of carbonyl (C=O) groups is 2. The summed E-state index contributed by atoms with van der Waals surface area (Å²) in [5, 5.41) is 14.8. The summed E-state index contributed by atoms with van der Waals surface area (Å²) in [7, 11) is 3.19. The summed E-state index contributed by atoms with van der Waals surface area (Å²) in [6, 6.07) is 5.48. The maximum absolute atomic E-state index is 13.1.